The number of carbonyl (C=O) groups excluding carboxylic acids is 1. The second-order valence-electron chi connectivity index (χ2n) is 6.02. The molecule has 0 aliphatic carbocycles. The van der Waals surface area contributed by atoms with E-state index in [0.717, 1.165) is 11.1 Å². The minimum atomic E-state index is -0.187. The van der Waals surface area contributed by atoms with Crippen LogP contribution >= 0.6 is 11.6 Å². The molecule has 1 unspecified atom stereocenters. The first-order valence-corrected chi connectivity index (χ1v) is 8.51. The summed E-state index contributed by atoms with van der Waals surface area (Å²) in [5.74, 6) is 1.12. The van der Waals surface area contributed by atoms with Crippen molar-refractivity contribution >= 4 is 17.5 Å². The zero-order chi connectivity index (χ0) is 17.2. The van der Waals surface area contributed by atoms with Gasteiger partial charge in [0.15, 0.2) is 0 Å². The molecule has 1 fully saturated rings. The molecular weight excluding hydrogens is 338 g/mol. The number of likely N-dealkylation sites (tertiary alicyclic amines) is 1. The van der Waals surface area contributed by atoms with Crippen LogP contribution in [0.3, 0.4) is 0 Å². The summed E-state index contributed by atoms with van der Waals surface area (Å²) in [6.45, 7) is 0.504. The number of aromatic nitrogens is 2. The predicted molar refractivity (Wildman–Crippen MR) is 93.7 cm³/mol. The monoisotopic (exact) mass is 353 g/mol. The third-order valence-electron chi connectivity index (χ3n) is 4.35. The highest BCUT2D eigenvalue weighted by Gasteiger charge is 2.35. The molecule has 0 bridgehead atoms. The molecule has 1 amide bonds. The summed E-state index contributed by atoms with van der Waals surface area (Å²) in [4.78, 5) is 18.6. The van der Waals surface area contributed by atoms with Gasteiger partial charge in [-0.15, -0.1) is 0 Å². The lowest BCUT2D eigenvalue weighted by atomic mass is 10.1. The molecule has 1 aromatic heterocycles. The van der Waals surface area contributed by atoms with Crippen LogP contribution < -0.4 is 0 Å². The average Bonchev–Trinajstić information content (AvgIpc) is 3.25. The molecule has 2 aromatic carbocycles. The lowest BCUT2D eigenvalue weighted by molar-refractivity contribution is -0.129. The van der Waals surface area contributed by atoms with Crippen molar-refractivity contribution in [2.75, 3.05) is 0 Å². The molecule has 6 heteroatoms. The average molecular weight is 354 g/mol. The fourth-order valence-electron chi connectivity index (χ4n) is 3.05. The van der Waals surface area contributed by atoms with E-state index in [4.69, 9.17) is 16.1 Å². The molecule has 0 N–H and O–H groups in total. The Hall–Kier alpha value is -2.66. The van der Waals surface area contributed by atoms with E-state index in [1.165, 1.54) is 0 Å². The van der Waals surface area contributed by atoms with Gasteiger partial charge < -0.3 is 9.42 Å². The van der Waals surface area contributed by atoms with Crippen LogP contribution in [0.15, 0.2) is 59.1 Å². The number of rotatable bonds is 4. The number of hydrogen-bond acceptors (Lipinski definition) is 4. The van der Waals surface area contributed by atoms with Crippen molar-refractivity contribution in [1.82, 2.24) is 15.0 Å². The highest BCUT2D eigenvalue weighted by atomic mass is 35.5. The van der Waals surface area contributed by atoms with Gasteiger partial charge in [-0.1, -0.05) is 59.2 Å². The molecule has 4 rings (SSSR count). The largest absolute Gasteiger partial charge is 0.337 e. The zero-order valence-electron chi connectivity index (χ0n) is 13.4. The van der Waals surface area contributed by atoms with Crippen LogP contribution in [0.2, 0.25) is 5.02 Å². The minimum absolute atomic E-state index is 0.0967. The first-order chi connectivity index (χ1) is 12.2. The Morgan fingerprint density at radius 1 is 1.12 bits per heavy atom. The first kappa shape index (κ1) is 15.8. The zero-order valence-corrected chi connectivity index (χ0v) is 14.2. The second-order valence-corrected chi connectivity index (χ2v) is 6.46. The van der Waals surface area contributed by atoms with E-state index in [0.29, 0.717) is 36.1 Å². The van der Waals surface area contributed by atoms with Crippen molar-refractivity contribution in [2.24, 2.45) is 0 Å². The molecule has 0 saturated carbocycles. The highest BCUT2D eigenvalue weighted by molar-refractivity contribution is 6.30. The third-order valence-corrected chi connectivity index (χ3v) is 4.61. The topological polar surface area (TPSA) is 59.2 Å². The summed E-state index contributed by atoms with van der Waals surface area (Å²) in [6.07, 6.45) is 1.17. The van der Waals surface area contributed by atoms with Crippen LogP contribution in [0.25, 0.3) is 11.4 Å². The van der Waals surface area contributed by atoms with Crippen molar-refractivity contribution in [1.29, 1.82) is 0 Å². The lowest BCUT2D eigenvalue weighted by Crippen LogP contribution is -2.27. The van der Waals surface area contributed by atoms with Gasteiger partial charge in [-0.25, -0.2) is 0 Å². The second kappa shape index (κ2) is 6.69. The fourth-order valence-corrected chi connectivity index (χ4v) is 3.18. The van der Waals surface area contributed by atoms with E-state index >= 15 is 0 Å². The van der Waals surface area contributed by atoms with Crippen molar-refractivity contribution in [3.63, 3.8) is 0 Å². The van der Waals surface area contributed by atoms with Crippen molar-refractivity contribution in [2.45, 2.75) is 25.4 Å². The van der Waals surface area contributed by atoms with E-state index in [9.17, 15) is 4.79 Å². The van der Waals surface area contributed by atoms with E-state index in [2.05, 4.69) is 10.1 Å². The first-order valence-electron chi connectivity index (χ1n) is 8.13. The maximum atomic E-state index is 12.3. The smallest absolute Gasteiger partial charge is 0.249 e. The van der Waals surface area contributed by atoms with Gasteiger partial charge in [0.05, 0.1) is 0 Å². The van der Waals surface area contributed by atoms with E-state index < -0.39 is 0 Å². The van der Waals surface area contributed by atoms with Gasteiger partial charge in [0.25, 0.3) is 0 Å². The molecule has 1 aliphatic heterocycles. The van der Waals surface area contributed by atoms with Gasteiger partial charge in [-0.3, -0.25) is 4.79 Å². The van der Waals surface area contributed by atoms with E-state index in [-0.39, 0.29) is 11.9 Å². The Morgan fingerprint density at radius 2 is 1.88 bits per heavy atom. The third kappa shape index (κ3) is 3.28. The van der Waals surface area contributed by atoms with Gasteiger partial charge in [-0.05, 0) is 24.1 Å². The number of halogens is 1. The van der Waals surface area contributed by atoms with Crippen molar-refractivity contribution < 1.29 is 9.32 Å². The number of nitrogens with zero attached hydrogens (tertiary/aromatic N) is 3. The fraction of sp³-hybridized carbons (Fsp3) is 0.211. The maximum Gasteiger partial charge on any atom is 0.249 e. The summed E-state index contributed by atoms with van der Waals surface area (Å²) in [6, 6.07) is 17.0. The predicted octanol–water partition coefficient (Wildman–Crippen LogP) is 4.25. The number of benzene rings is 2. The Bertz CT molecular complexity index is 877. The molecule has 2 heterocycles. The van der Waals surface area contributed by atoms with Gasteiger partial charge in [0.2, 0.25) is 17.6 Å². The molecular formula is C19H16ClN3O2. The standard InChI is InChI=1S/C19H16ClN3O2/c20-15-8-6-13(7-9-15)12-23-16(10-11-17(23)24)19-21-18(22-25-19)14-4-2-1-3-5-14/h1-9,16H,10-12H2. The molecule has 0 spiro atoms. The molecule has 3 aromatic rings. The maximum absolute atomic E-state index is 12.3. The van der Waals surface area contributed by atoms with Gasteiger partial charge >= 0.3 is 0 Å². The van der Waals surface area contributed by atoms with Gasteiger partial charge in [0.1, 0.15) is 6.04 Å². The lowest BCUT2D eigenvalue weighted by Gasteiger charge is -2.22. The summed E-state index contributed by atoms with van der Waals surface area (Å²) in [5.41, 5.74) is 1.92. The highest BCUT2D eigenvalue weighted by Crippen LogP contribution is 2.34. The van der Waals surface area contributed by atoms with Crippen molar-refractivity contribution in [3.8, 4) is 11.4 Å². The molecule has 0 radical (unpaired) electrons. The minimum Gasteiger partial charge on any atom is -0.337 e. The van der Waals surface area contributed by atoms with Crippen LogP contribution in [0.1, 0.15) is 30.3 Å². The summed E-state index contributed by atoms with van der Waals surface area (Å²) in [5, 5.41) is 4.75. The molecule has 25 heavy (non-hydrogen) atoms. The summed E-state index contributed by atoms with van der Waals surface area (Å²) in [7, 11) is 0. The Balaban J connectivity index is 1.57. The van der Waals surface area contributed by atoms with Gasteiger partial charge in [0, 0.05) is 23.6 Å². The molecule has 5 nitrogen and oxygen atoms in total. The molecule has 1 atom stereocenters. The quantitative estimate of drug-likeness (QED) is 0.703. The van der Waals surface area contributed by atoms with E-state index in [1.807, 2.05) is 54.6 Å². The van der Waals surface area contributed by atoms with E-state index in [1.54, 1.807) is 4.90 Å². The normalized spacial score (nSPS) is 17.2. The van der Waals surface area contributed by atoms with Crippen LogP contribution in [-0.4, -0.2) is 20.9 Å². The Kier molecular flexibility index (Phi) is 4.24. The number of amides is 1. The number of carbonyl (C=O) groups is 1. The van der Waals surface area contributed by atoms with Crippen LogP contribution in [0.4, 0.5) is 0 Å². The van der Waals surface area contributed by atoms with Crippen LogP contribution in [0, 0.1) is 0 Å². The number of hydrogen-bond donors (Lipinski definition) is 0. The van der Waals surface area contributed by atoms with Gasteiger partial charge in [-0.2, -0.15) is 4.98 Å². The summed E-state index contributed by atoms with van der Waals surface area (Å²) >= 11 is 5.93. The molecule has 126 valence electrons. The van der Waals surface area contributed by atoms with Crippen LogP contribution in [-0.2, 0) is 11.3 Å². The van der Waals surface area contributed by atoms with Crippen LogP contribution in [0.5, 0.6) is 0 Å². The molecule has 1 saturated heterocycles. The SMILES string of the molecule is O=C1CCC(c2nc(-c3ccccc3)no2)N1Cc1ccc(Cl)cc1. The summed E-state index contributed by atoms with van der Waals surface area (Å²) < 4.78 is 5.46. The Morgan fingerprint density at radius 3 is 2.64 bits per heavy atom. The Labute approximate surface area is 150 Å². The molecule has 1 aliphatic rings. The van der Waals surface area contributed by atoms with Crippen molar-refractivity contribution in [3.05, 3.63) is 71.1 Å².